The summed E-state index contributed by atoms with van der Waals surface area (Å²) >= 11 is 2.91. The van der Waals surface area contributed by atoms with E-state index in [0.29, 0.717) is 0 Å². The number of hydrogen-bond donors (Lipinski definition) is 0. The van der Waals surface area contributed by atoms with E-state index in [1.807, 2.05) is 0 Å². The van der Waals surface area contributed by atoms with Crippen LogP contribution in [-0.4, -0.2) is 14.7 Å². The maximum absolute atomic E-state index is 12.7. The van der Waals surface area contributed by atoms with Gasteiger partial charge in [0.15, 0.2) is 9.84 Å². The smallest absolute Gasteiger partial charge is 0.224 e. The van der Waals surface area contributed by atoms with Crippen LogP contribution in [0.3, 0.4) is 0 Å². The van der Waals surface area contributed by atoms with Crippen LogP contribution in [0.5, 0.6) is 0 Å². The molecule has 0 aliphatic rings. The molecular weight excluding hydrogens is 309 g/mol. The van der Waals surface area contributed by atoms with E-state index in [1.54, 1.807) is 0 Å². The highest BCUT2D eigenvalue weighted by atomic mass is 79.9. The third kappa shape index (κ3) is 2.76. The molecule has 0 radical (unpaired) electrons. The molecule has 0 N–H and O–H groups in total. The molecule has 0 fully saturated rings. The third-order valence-electron chi connectivity index (χ3n) is 1.94. The lowest BCUT2D eigenvalue weighted by Gasteiger charge is -2.15. The van der Waals surface area contributed by atoms with E-state index < -0.39 is 26.5 Å². The lowest BCUT2D eigenvalue weighted by Crippen LogP contribution is -2.15. The van der Waals surface area contributed by atoms with Gasteiger partial charge < -0.3 is 0 Å². The minimum Gasteiger partial charge on any atom is -0.224 e. The lowest BCUT2D eigenvalue weighted by atomic mass is 10.1. The number of halogens is 4. The summed E-state index contributed by atoms with van der Waals surface area (Å²) in [6.07, 6.45) is -3.92. The second-order valence-electron chi connectivity index (χ2n) is 3.19. The van der Waals surface area contributed by atoms with Crippen molar-refractivity contribution < 1.29 is 21.6 Å². The van der Waals surface area contributed by atoms with Gasteiger partial charge >= 0.3 is 6.18 Å². The molecule has 0 heterocycles. The van der Waals surface area contributed by atoms with Gasteiger partial charge in [-0.3, -0.25) is 0 Å². The Labute approximate surface area is 99.5 Å². The molecular formula is C9H8BrF3O2S. The zero-order valence-electron chi connectivity index (χ0n) is 8.18. The SMILES string of the molecule is CS(=O)(=O)c1cccc(CBr)c1C(F)(F)F. The predicted octanol–water partition coefficient (Wildman–Crippen LogP) is 3.00. The Kier molecular flexibility index (Phi) is 3.69. The van der Waals surface area contributed by atoms with Gasteiger partial charge in [0, 0.05) is 11.6 Å². The summed E-state index contributed by atoms with van der Waals surface area (Å²) in [5.41, 5.74) is -1.18. The van der Waals surface area contributed by atoms with Crippen LogP contribution in [0.2, 0.25) is 0 Å². The molecule has 1 aromatic rings. The van der Waals surface area contributed by atoms with Gasteiger partial charge in [-0.25, -0.2) is 8.42 Å². The fourth-order valence-corrected chi connectivity index (χ4v) is 2.73. The molecule has 0 unspecified atom stereocenters. The van der Waals surface area contributed by atoms with Crippen LogP contribution >= 0.6 is 15.9 Å². The molecule has 0 saturated carbocycles. The summed E-state index contributed by atoms with van der Waals surface area (Å²) in [6, 6.07) is 3.50. The molecule has 0 aromatic heterocycles. The van der Waals surface area contributed by atoms with Gasteiger partial charge in [0.25, 0.3) is 0 Å². The van der Waals surface area contributed by atoms with Crippen LogP contribution in [0.4, 0.5) is 13.2 Å². The number of alkyl halides is 4. The van der Waals surface area contributed by atoms with E-state index in [4.69, 9.17) is 0 Å². The van der Waals surface area contributed by atoms with E-state index in [-0.39, 0.29) is 10.9 Å². The second-order valence-corrected chi connectivity index (χ2v) is 5.74. The maximum atomic E-state index is 12.7. The van der Waals surface area contributed by atoms with Gasteiger partial charge in [0.2, 0.25) is 0 Å². The Bertz CT molecular complexity index is 494. The molecule has 2 nitrogen and oxygen atoms in total. The van der Waals surface area contributed by atoms with Crippen molar-refractivity contribution in [1.29, 1.82) is 0 Å². The van der Waals surface area contributed by atoms with Crippen LogP contribution in [0, 0.1) is 0 Å². The second kappa shape index (κ2) is 4.37. The third-order valence-corrected chi connectivity index (χ3v) is 3.68. The van der Waals surface area contributed by atoms with Crippen LogP contribution < -0.4 is 0 Å². The van der Waals surface area contributed by atoms with Crippen LogP contribution in [-0.2, 0) is 21.3 Å². The quantitative estimate of drug-likeness (QED) is 0.786. The van der Waals surface area contributed by atoms with Crippen molar-refractivity contribution in [3.8, 4) is 0 Å². The highest BCUT2D eigenvalue weighted by Crippen LogP contribution is 2.37. The first-order chi connectivity index (χ1) is 7.18. The first kappa shape index (κ1) is 13.5. The fourth-order valence-electron chi connectivity index (χ4n) is 1.32. The first-order valence-corrected chi connectivity index (χ1v) is 7.14. The molecule has 0 bridgehead atoms. The normalized spacial score (nSPS) is 12.8. The number of rotatable bonds is 2. The van der Waals surface area contributed by atoms with Crippen molar-refractivity contribution in [2.75, 3.05) is 6.26 Å². The Morgan fingerprint density at radius 3 is 2.25 bits per heavy atom. The van der Waals surface area contributed by atoms with E-state index in [1.165, 1.54) is 12.1 Å². The number of hydrogen-bond acceptors (Lipinski definition) is 2. The predicted molar refractivity (Wildman–Crippen MR) is 57.2 cm³/mol. The van der Waals surface area contributed by atoms with Crippen LogP contribution in [0.25, 0.3) is 0 Å². The molecule has 0 spiro atoms. The minimum atomic E-state index is -4.68. The summed E-state index contributed by atoms with van der Waals surface area (Å²) < 4.78 is 60.7. The molecule has 0 amide bonds. The Hall–Kier alpha value is -0.560. The van der Waals surface area contributed by atoms with Crippen molar-refractivity contribution in [2.45, 2.75) is 16.4 Å². The Morgan fingerprint density at radius 1 is 1.31 bits per heavy atom. The van der Waals surface area contributed by atoms with Crippen molar-refractivity contribution in [3.63, 3.8) is 0 Å². The highest BCUT2D eigenvalue weighted by molar-refractivity contribution is 9.08. The van der Waals surface area contributed by atoms with Crippen molar-refractivity contribution in [2.24, 2.45) is 0 Å². The van der Waals surface area contributed by atoms with Gasteiger partial charge in [0.1, 0.15) is 0 Å². The topological polar surface area (TPSA) is 34.1 Å². The molecule has 0 aliphatic heterocycles. The zero-order chi connectivity index (χ0) is 12.6. The fraction of sp³-hybridized carbons (Fsp3) is 0.333. The van der Waals surface area contributed by atoms with Gasteiger partial charge in [-0.05, 0) is 11.6 Å². The van der Waals surface area contributed by atoms with Gasteiger partial charge in [-0.1, -0.05) is 28.1 Å². The summed E-state index contributed by atoms with van der Waals surface area (Å²) in [6.45, 7) is 0. The number of benzene rings is 1. The maximum Gasteiger partial charge on any atom is 0.417 e. The summed E-state index contributed by atoms with van der Waals surface area (Å²) in [4.78, 5) is -0.683. The van der Waals surface area contributed by atoms with Crippen LogP contribution in [0.15, 0.2) is 23.1 Å². The number of sulfone groups is 1. The summed E-state index contributed by atoms with van der Waals surface area (Å²) in [5.74, 6) is 0. The minimum absolute atomic E-state index is 0.0504. The Morgan fingerprint density at radius 2 is 1.88 bits per heavy atom. The van der Waals surface area contributed by atoms with Gasteiger partial charge in [0.05, 0.1) is 10.5 Å². The average molecular weight is 317 g/mol. The molecule has 0 atom stereocenters. The molecule has 90 valence electrons. The molecule has 1 rings (SSSR count). The van der Waals surface area contributed by atoms with E-state index in [0.717, 1.165) is 12.3 Å². The van der Waals surface area contributed by atoms with Crippen molar-refractivity contribution in [1.82, 2.24) is 0 Å². The molecule has 16 heavy (non-hydrogen) atoms. The standard InChI is InChI=1S/C9H8BrF3O2S/c1-16(14,15)7-4-2-3-6(5-10)8(7)9(11,12)13/h2-4H,5H2,1H3. The molecule has 0 aliphatic carbocycles. The van der Waals surface area contributed by atoms with Crippen LogP contribution in [0.1, 0.15) is 11.1 Å². The van der Waals surface area contributed by atoms with E-state index >= 15 is 0 Å². The highest BCUT2D eigenvalue weighted by Gasteiger charge is 2.38. The molecule has 0 saturated heterocycles. The monoisotopic (exact) mass is 316 g/mol. The molecule has 7 heteroatoms. The largest absolute Gasteiger partial charge is 0.417 e. The van der Waals surface area contributed by atoms with E-state index in [9.17, 15) is 21.6 Å². The van der Waals surface area contributed by atoms with Crippen molar-refractivity contribution >= 4 is 25.8 Å². The van der Waals surface area contributed by atoms with Gasteiger partial charge in [-0.15, -0.1) is 0 Å². The Balaban J connectivity index is 3.64. The van der Waals surface area contributed by atoms with Gasteiger partial charge in [-0.2, -0.15) is 13.2 Å². The van der Waals surface area contributed by atoms with Crippen molar-refractivity contribution in [3.05, 3.63) is 29.3 Å². The zero-order valence-corrected chi connectivity index (χ0v) is 10.6. The first-order valence-electron chi connectivity index (χ1n) is 4.13. The summed E-state index contributed by atoms with van der Waals surface area (Å²) in [7, 11) is -3.89. The average Bonchev–Trinajstić information content (AvgIpc) is 2.13. The van der Waals surface area contributed by atoms with E-state index in [2.05, 4.69) is 15.9 Å². The molecule has 1 aromatic carbocycles. The lowest BCUT2D eigenvalue weighted by molar-refractivity contribution is -0.140. The summed E-state index contributed by atoms with van der Waals surface area (Å²) in [5, 5.41) is -0.0504.